The molecule has 0 amide bonds. The molecule has 2 unspecified atom stereocenters. The van der Waals surface area contributed by atoms with E-state index in [0.29, 0.717) is 17.4 Å². The number of hydrogen-bond acceptors (Lipinski definition) is 2. The Bertz CT molecular complexity index is 393. The quantitative estimate of drug-likeness (QED) is 0.855. The Morgan fingerprint density at radius 1 is 1.29 bits per heavy atom. The highest BCUT2D eigenvalue weighted by Gasteiger charge is 2.28. The minimum Gasteiger partial charge on any atom is -0.371 e. The number of nitrogens with zero attached hydrogens (tertiary/aromatic N) is 1. The molecule has 3 heteroatoms. The standard InChI is InChI=1S/C14H21FN2/c1-9-7-17(8-10(9)2)13-6-4-5-12(15)14(13)11(3)16/h4-6,9-11H,7-8,16H2,1-3H3/t9?,10?,11-/m0/s1. The van der Waals surface area contributed by atoms with Crippen LogP contribution in [0.15, 0.2) is 18.2 Å². The lowest BCUT2D eigenvalue weighted by Crippen LogP contribution is -2.23. The molecular formula is C14H21FN2. The number of benzene rings is 1. The summed E-state index contributed by atoms with van der Waals surface area (Å²) < 4.78 is 13.8. The van der Waals surface area contributed by atoms with Crippen molar-refractivity contribution in [3.05, 3.63) is 29.6 Å². The van der Waals surface area contributed by atoms with Gasteiger partial charge in [-0.25, -0.2) is 4.39 Å². The first kappa shape index (κ1) is 12.4. The number of nitrogens with two attached hydrogens (primary N) is 1. The topological polar surface area (TPSA) is 29.3 Å². The lowest BCUT2D eigenvalue weighted by atomic mass is 10.0. The summed E-state index contributed by atoms with van der Waals surface area (Å²) >= 11 is 0. The third-order valence-corrected chi connectivity index (χ3v) is 3.81. The Labute approximate surface area is 103 Å². The Morgan fingerprint density at radius 2 is 1.88 bits per heavy atom. The maximum absolute atomic E-state index is 13.8. The highest BCUT2D eigenvalue weighted by Crippen LogP contribution is 2.33. The predicted molar refractivity (Wildman–Crippen MR) is 69.5 cm³/mol. The van der Waals surface area contributed by atoms with Crippen LogP contribution >= 0.6 is 0 Å². The Kier molecular flexibility index (Phi) is 3.38. The van der Waals surface area contributed by atoms with E-state index >= 15 is 0 Å². The van der Waals surface area contributed by atoms with Crippen LogP contribution in [-0.4, -0.2) is 13.1 Å². The van der Waals surface area contributed by atoms with E-state index in [1.165, 1.54) is 6.07 Å². The second-order valence-corrected chi connectivity index (χ2v) is 5.32. The molecule has 3 atom stereocenters. The monoisotopic (exact) mass is 236 g/mol. The van der Waals surface area contributed by atoms with Gasteiger partial charge in [-0.1, -0.05) is 19.9 Å². The molecule has 2 rings (SSSR count). The van der Waals surface area contributed by atoms with Gasteiger partial charge in [-0.15, -0.1) is 0 Å². The van der Waals surface area contributed by atoms with Crippen molar-refractivity contribution in [2.75, 3.05) is 18.0 Å². The fourth-order valence-electron chi connectivity index (χ4n) is 2.58. The van der Waals surface area contributed by atoms with Crippen molar-refractivity contribution in [3.63, 3.8) is 0 Å². The molecule has 94 valence electrons. The number of hydrogen-bond donors (Lipinski definition) is 1. The minimum atomic E-state index is -0.266. The Balaban J connectivity index is 2.36. The second-order valence-electron chi connectivity index (χ2n) is 5.32. The molecule has 0 aromatic heterocycles. The van der Waals surface area contributed by atoms with Gasteiger partial charge in [0.1, 0.15) is 5.82 Å². The molecule has 1 saturated heterocycles. The average Bonchev–Trinajstić information content (AvgIpc) is 2.58. The van der Waals surface area contributed by atoms with Crippen molar-refractivity contribution >= 4 is 5.69 Å². The Morgan fingerprint density at radius 3 is 2.41 bits per heavy atom. The lowest BCUT2D eigenvalue weighted by molar-refractivity contribution is 0.494. The Hall–Kier alpha value is -1.09. The molecule has 0 saturated carbocycles. The van der Waals surface area contributed by atoms with Gasteiger partial charge in [-0.3, -0.25) is 0 Å². The molecule has 1 aliphatic heterocycles. The van der Waals surface area contributed by atoms with Crippen LogP contribution in [0.3, 0.4) is 0 Å². The summed E-state index contributed by atoms with van der Waals surface area (Å²) in [5.74, 6) is 1.11. The molecule has 2 nitrogen and oxygen atoms in total. The summed E-state index contributed by atoms with van der Waals surface area (Å²) in [6.07, 6.45) is 0. The van der Waals surface area contributed by atoms with E-state index in [9.17, 15) is 4.39 Å². The van der Waals surface area contributed by atoms with Crippen LogP contribution < -0.4 is 10.6 Å². The zero-order valence-electron chi connectivity index (χ0n) is 10.8. The largest absolute Gasteiger partial charge is 0.371 e. The molecular weight excluding hydrogens is 215 g/mol. The number of rotatable bonds is 2. The molecule has 1 aromatic rings. The normalized spacial score (nSPS) is 26.3. The first-order valence-electron chi connectivity index (χ1n) is 6.29. The lowest BCUT2D eigenvalue weighted by Gasteiger charge is -2.24. The van der Waals surface area contributed by atoms with Crippen LogP contribution in [0.5, 0.6) is 0 Å². The maximum atomic E-state index is 13.8. The van der Waals surface area contributed by atoms with Crippen LogP contribution in [0.25, 0.3) is 0 Å². The van der Waals surface area contributed by atoms with E-state index in [1.54, 1.807) is 6.07 Å². The van der Waals surface area contributed by atoms with Gasteiger partial charge in [0, 0.05) is 30.4 Å². The molecule has 0 bridgehead atoms. The fourth-order valence-corrected chi connectivity index (χ4v) is 2.58. The first-order valence-corrected chi connectivity index (χ1v) is 6.29. The maximum Gasteiger partial charge on any atom is 0.130 e. The van der Waals surface area contributed by atoms with E-state index < -0.39 is 0 Å². The smallest absolute Gasteiger partial charge is 0.130 e. The highest BCUT2D eigenvalue weighted by molar-refractivity contribution is 5.56. The van der Waals surface area contributed by atoms with Crippen molar-refractivity contribution in [3.8, 4) is 0 Å². The number of anilines is 1. The molecule has 0 aliphatic carbocycles. The minimum absolute atomic E-state index is 0.190. The molecule has 1 aliphatic rings. The zero-order valence-corrected chi connectivity index (χ0v) is 10.8. The summed E-state index contributed by atoms with van der Waals surface area (Å²) in [6.45, 7) is 8.31. The molecule has 1 heterocycles. The van der Waals surface area contributed by atoms with E-state index in [-0.39, 0.29) is 11.9 Å². The third kappa shape index (κ3) is 2.29. The molecule has 0 spiro atoms. The van der Waals surface area contributed by atoms with Crippen LogP contribution in [0.2, 0.25) is 0 Å². The van der Waals surface area contributed by atoms with Gasteiger partial charge >= 0.3 is 0 Å². The van der Waals surface area contributed by atoms with Gasteiger partial charge in [0.15, 0.2) is 0 Å². The van der Waals surface area contributed by atoms with Crippen LogP contribution in [0, 0.1) is 17.7 Å². The van der Waals surface area contributed by atoms with Gasteiger partial charge in [0.2, 0.25) is 0 Å². The summed E-state index contributed by atoms with van der Waals surface area (Å²) in [6, 6.07) is 4.97. The van der Waals surface area contributed by atoms with E-state index in [4.69, 9.17) is 5.73 Å². The van der Waals surface area contributed by atoms with Crippen molar-refractivity contribution in [1.29, 1.82) is 0 Å². The van der Waals surface area contributed by atoms with Gasteiger partial charge in [0.25, 0.3) is 0 Å². The molecule has 2 N–H and O–H groups in total. The van der Waals surface area contributed by atoms with Crippen LogP contribution in [0.4, 0.5) is 10.1 Å². The summed E-state index contributed by atoms with van der Waals surface area (Å²) in [4.78, 5) is 2.26. The highest BCUT2D eigenvalue weighted by atomic mass is 19.1. The SMILES string of the molecule is CC1CN(c2cccc(F)c2[C@H](C)N)CC1C. The van der Waals surface area contributed by atoms with E-state index in [0.717, 1.165) is 18.8 Å². The van der Waals surface area contributed by atoms with Crippen molar-refractivity contribution in [1.82, 2.24) is 0 Å². The van der Waals surface area contributed by atoms with Crippen LogP contribution in [0.1, 0.15) is 32.4 Å². The summed E-state index contributed by atoms with van der Waals surface area (Å²) in [5.41, 5.74) is 7.50. The molecule has 17 heavy (non-hydrogen) atoms. The molecule has 0 radical (unpaired) electrons. The summed E-state index contributed by atoms with van der Waals surface area (Å²) in [7, 11) is 0. The van der Waals surface area contributed by atoms with Gasteiger partial charge in [-0.2, -0.15) is 0 Å². The van der Waals surface area contributed by atoms with Gasteiger partial charge < -0.3 is 10.6 Å². The van der Waals surface area contributed by atoms with Gasteiger partial charge in [0.05, 0.1) is 0 Å². The summed E-state index contributed by atoms with van der Waals surface area (Å²) in [5, 5.41) is 0. The third-order valence-electron chi connectivity index (χ3n) is 3.81. The van der Waals surface area contributed by atoms with Crippen molar-refractivity contribution in [2.45, 2.75) is 26.8 Å². The van der Waals surface area contributed by atoms with Crippen molar-refractivity contribution < 1.29 is 4.39 Å². The van der Waals surface area contributed by atoms with E-state index in [1.807, 2.05) is 13.0 Å². The van der Waals surface area contributed by atoms with Crippen molar-refractivity contribution in [2.24, 2.45) is 17.6 Å². The first-order chi connectivity index (χ1) is 8.00. The second kappa shape index (κ2) is 4.65. The van der Waals surface area contributed by atoms with Crippen LogP contribution in [-0.2, 0) is 0 Å². The zero-order chi connectivity index (χ0) is 12.6. The van der Waals surface area contributed by atoms with E-state index in [2.05, 4.69) is 18.7 Å². The number of halogens is 1. The van der Waals surface area contributed by atoms with Gasteiger partial charge in [-0.05, 0) is 30.9 Å². The predicted octanol–water partition coefficient (Wildman–Crippen LogP) is 2.94. The molecule has 1 fully saturated rings. The fraction of sp³-hybridized carbons (Fsp3) is 0.571. The molecule has 1 aromatic carbocycles. The average molecular weight is 236 g/mol.